The molecule has 0 aliphatic heterocycles. The maximum Gasteiger partial charge on any atom is 0.210 e. The maximum absolute atomic E-state index is 12.4. The number of Topliss-reactive ketones (excluding diaryl/α,β-unsaturated/α-hetero) is 1. The molecule has 0 fully saturated rings. The van der Waals surface area contributed by atoms with Crippen molar-refractivity contribution in [2.45, 2.75) is 37.4 Å². The molecule has 1 aromatic heterocycles. The minimum Gasteiger partial charge on any atom is -0.330 e. The molecular formula is C21H23N3OS2. The van der Waals surface area contributed by atoms with E-state index in [9.17, 15) is 4.79 Å². The Labute approximate surface area is 168 Å². The molecule has 2 aromatic carbocycles. The van der Waals surface area contributed by atoms with Gasteiger partial charge < -0.3 is 5.32 Å². The first-order valence-electron chi connectivity index (χ1n) is 8.98. The smallest absolute Gasteiger partial charge is 0.210 e. The highest BCUT2D eigenvalue weighted by atomic mass is 32.2. The summed E-state index contributed by atoms with van der Waals surface area (Å²) < 4.78 is 0.787. The number of carbonyl (C=O) groups is 1. The van der Waals surface area contributed by atoms with Gasteiger partial charge in [-0.05, 0) is 42.5 Å². The Bertz CT molecular complexity index is 906. The van der Waals surface area contributed by atoms with Gasteiger partial charge in [0.2, 0.25) is 5.13 Å². The van der Waals surface area contributed by atoms with Gasteiger partial charge in [0.05, 0.1) is 5.75 Å². The topological polar surface area (TPSA) is 54.9 Å². The summed E-state index contributed by atoms with van der Waals surface area (Å²) >= 11 is 2.89. The lowest BCUT2D eigenvalue weighted by atomic mass is 9.97. The Morgan fingerprint density at radius 1 is 1.19 bits per heavy atom. The highest BCUT2D eigenvalue weighted by molar-refractivity contribution is 8.01. The van der Waals surface area contributed by atoms with Crippen molar-refractivity contribution in [1.29, 1.82) is 0 Å². The van der Waals surface area contributed by atoms with Gasteiger partial charge in [-0.15, -0.1) is 10.2 Å². The number of thioether (sulfide) groups is 1. The van der Waals surface area contributed by atoms with Crippen molar-refractivity contribution < 1.29 is 4.79 Å². The van der Waals surface area contributed by atoms with E-state index in [0.717, 1.165) is 27.1 Å². The molecule has 1 heterocycles. The van der Waals surface area contributed by atoms with Crippen LogP contribution >= 0.6 is 23.1 Å². The van der Waals surface area contributed by atoms with Crippen LogP contribution in [-0.2, 0) is 0 Å². The van der Waals surface area contributed by atoms with E-state index in [1.807, 2.05) is 37.3 Å². The Hall–Kier alpha value is -2.18. The summed E-state index contributed by atoms with van der Waals surface area (Å²) in [5.41, 5.74) is 4.19. The minimum absolute atomic E-state index is 0.110. The fraction of sp³-hybridized carbons (Fsp3) is 0.286. The van der Waals surface area contributed by atoms with Crippen LogP contribution in [0.3, 0.4) is 0 Å². The van der Waals surface area contributed by atoms with Crippen LogP contribution in [0.4, 0.5) is 10.8 Å². The predicted octanol–water partition coefficient (Wildman–Crippen LogP) is 6.08. The average Bonchev–Trinajstić information content (AvgIpc) is 3.13. The van der Waals surface area contributed by atoms with Crippen LogP contribution < -0.4 is 5.32 Å². The number of hydrogen-bond donors (Lipinski definition) is 1. The van der Waals surface area contributed by atoms with Crippen molar-refractivity contribution >= 4 is 39.7 Å². The predicted molar refractivity (Wildman–Crippen MR) is 115 cm³/mol. The molecule has 6 heteroatoms. The first kappa shape index (κ1) is 19.6. The lowest BCUT2D eigenvalue weighted by molar-refractivity contribution is 0.102. The number of anilines is 2. The van der Waals surface area contributed by atoms with Crippen molar-refractivity contribution in [1.82, 2.24) is 10.2 Å². The highest BCUT2D eigenvalue weighted by Crippen LogP contribution is 2.28. The lowest BCUT2D eigenvalue weighted by Gasteiger charge is -2.09. The summed E-state index contributed by atoms with van der Waals surface area (Å²) in [6, 6.07) is 16.1. The highest BCUT2D eigenvalue weighted by Gasteiger charge is 2.11. The standard InChI is InChI=1S/C21H23N3OS2/c1-4-15(3)16-8-10-17(11-9-16)19(25)13-26-21-24-23-20(27-21)22-18-7-5-6-14(2)12-18/h5-12,15H,4,13H2,1-3H3,(H,22,23)/t15-/m0/s1. The van der Waals surface area contributed by atoms with E-state index in [4.69, 9.17) is 0 Å². The summed E-state index contributed by atoms with van der Waals surface area (Å²) in [5, 5.41) is 12.3. The molecule has 140 valence electrons. The van der Waals surface area contributed by atoms with Crippen molar-refractivity contribution in [2.24, 2.45) is 0 Å². The number of benzene rings is 2. The van der Waals surface area contributed by atoms with Crippen LogP contribution in [0.15, 0.2) is 52.9 Å². The molecule has 0 aliphatic rings. The molecular weight excluding hydrogens is 374 g/mol. The SMILES string of the molecule is CC[C@H](C)c1ccc(C(=O)CSc2nnc(Nc3cccc(C)c3)s2)cc1. The van der Waals surface area contributed by atoms with Gasteiger partial charge in [-0.2, -0.15) is 0 Å². The van der Waals surface area contributed by atoms with Crippen molar-refractivity contribution in [3.05, 3.63) is 65.2 Å². The fourth-order valence-corrected chi connectivity index (χ4v) is 4.28. The zero-order valence-corrected chi connectivity index (χ0v) is 17.4. The van der Waals surface area contributed by atoms with Crippen molar-refractivity contribution in [3.8, 4) is 0 Å². The molecule has 27 heavy (non-hydrogen) atoms. The molecule has 0 radical (unpaired) electrons. The minimum atomic E-state index is 0.110. The molecule has 0 unspecified atom stereocenters. The number of aryl methyl sites for hydroxylation is 1. The number of ketones is 1. The number of hydrogen-bond acceptors (Lipinski definition) is 6. The molecule has 0 spiro atoms. The van der Waals surface area contributed by atoms with Crippen molar-refractivity contribution in [3.63, 3.8) is 0 Å². The van der Waals surface area contributed by atoms with Gasteiger partial charge in [0.1, 0.15) is 0 Å². The molecule has 0 amide bonds. The Morgan fingerprint density at radius 3 is 2.67 bits per heavy atom. The van der Waals surface area contributed by atoms with Crippen LogP contribution in [0.2, 0.25) is 0 Å². The monoisotopic (exact) mass is 397 g/mol. The van der Waals surface area contributed by atoms with E-state index in [1.165, 1.54) is 34.2 Å². The van der Waals surface area contributed by atoms with Gasteiger partial charge in [0.25, 0.3) is 0 Å². The van der Waals surface area contributed by atoms with E-state index in [0.29, 0.717) is 11.7 Å². The third-order valence-electron chi connectivity index (χ3n) is 4.42. The molecule has 1 N–H and O–H groups in total. The third-order valence-corrected chi connectivity index (χ3v) is 6.39. The number of rotatable bonds is 8. The second-order valence-corrected chi connectivity index (χ2v) is 8.71. The van der Waals surface area contributed by atoms with Gasteiger partial charge in [-0.3, -0.25) is 4.79 Å². The molecule has 0 saturated heterocycles. The Morgan fingerprint density at radius 2 is 1.96 bits per heavy atom. The van der Waals surface area contributed by atoms with Gasteiger partial charge in [-0.25, -0.2) is 0 Å². The van der Waals surface area contributed by atoms with E-state index in [1.54, 1.807) is 0 Å². The van der Waals surface area contributed by atoms with Gasteiger partial charge >= 0.3 is 0 Å². The number of carbonyl (C=O) groups excluding carboxylic acids is 1. The summed E-state index contributed by atoms with van der Waals surface area (Å²) in [6.45, 7) is 6.42. The Balaban J connectivity index is 1.55. The molecule has 0 bridgehead atoms. The molecule has 1 atom stereocenters. The van der Waals surface area contributed by atoms with Crippen LogP contribution in [0.1, 0.15) is 47.7 Å². The van der Waals surface area contributed by atoms with Crippen LogP contribution in [-0.4, -0.2) is 21.7 Å². The van der Waals surface area contributed by atoms with Crippen LogP contribution in [0, 0.1) is 6.92 Å². The zero-order valence-electron chi connectivity index (χ0n) is 15.7. The maximum atomic E-state index is 12.4. The van der Waals surface area contributed by atoms with E-state index >= 15 is 0 Å². The van der Waals surface area contributed by atoms with Gasteiger partial charge in [0, 0.05) is 11.3 Å². The first-order chi connectivity index (χ1) is 13.0. The molecule has 3 rings (SSSR count). The number of aromatic nitrogens is 2. The quantitative estimate of drug-likeness (QED) is 0.369. The van der Waals surface area contributed by atoms with Crippen LogP contribution in [0.5, 0.6) is 0 Å². The number of nitrogens with zero attached hydrogens (tertiary/aromatic N) is 2. The van der Waals surface area contributed by atoms with E-state index in [2.05, 4.69) is 47.6 Å². The second kappa shape index (κ2) is 9.15. The van der Waals surface area contributed by atoms with Crippen LogP contribution in [0.25, 0.3) is 0 Å². The fourth-order valence-electron chi connectivity index (χ4n) is 2.61. The summed E-state index contributed by atoms with van der Waals surface area (Å²) in [6.07, 6.45) is 1.10. The zero-order chi connectivity index (χ0) is 19.2. The summed E-state index contributed by atoms with van der Waals surface area (Å²) in [5.74, 6) is 0.991. The average molecular weight is 398 g/mol. The van der Waals surface area contributed by atoms with Gasteiger partial charge in [0.15, 0.2) is 10.1 Å². The summed E-state index contributed by atoms with van der Waals surface area (Å²) in [7, 11) is 0. The largest absolute Gasteiger partial charge is 0.330 e. The third kappa shape index (κ3) is 5.40. The molecule has 0 aliphatic carbocycles. The molecule has 3 aromatic rings. The Kier molecular flexibility index (Phi) is 6.63. The second-order valence-electron chi connectivity index (χ2n) is 6.51. The van der Waals surface area contributed by atoms with Gasteiger partial charge in [-0.1, -0.05) is 73.3 Å². The normalized spacial score (nSPS) is 12.0. The van der Waals surface area contributed by atoms with E-state index < -0.39 is 0 Å². The lowest BCUT2D eigenvalue weighted by Crippen LogP contribution is -2.02. The van der Waals surface area contributed by atoms with E-state index in [-0.39, 0.29) is 5.78 Å². The number of nitrogens with one attached hydrogen (secondary N) is 1. The first-order valence-corrected chi connectivity index (χ1v) is 10.8. The molecule has 4 nitrogen and oxygen atoms in total. The van der Waals surface area contributed by atoms with Crippen molar-refractivity contribution in [2.75, 3.05) is 11.1 Å². The molecule has 0 saturated carbocycles. The summed E-state index contributed by atoms with van der Waals surface area (Å²) in [4.78, 5) is 12.4.